The first-order valence-electron chi connectivity index (χ1n) is 5.62. The molecule has 16 heavy (non-hydrogen) atoms. The molecule has 1 atom stereocenters. The number of likely N-dealkylation sites (N-methyl/N-ethyl adjacent to an activating group) is 1. The Kier molecular flexibility index (Phi) is 3.61. The van der Waals surface area contributed by atoms with Crippen molar-refractivity contribution in [3.8, 4) is 0 Å². The Morgan fingerprint density at radius 2 is 2.38 bits per heavy atom. The maximum absolute atomic E-state index is 6.01. The fraction of sp³-hybridized carbons (Fsp3) is 0.636. The highest BCUT2D eigenvalue weighted by Crippen LogP contribution is 2.19. The Labute approximate surface area is 101 Å². The maximum atomic E-state index is 6.01. The fourth-order valence-electron chi connectivity index (χ4n) is 1.96. The summed E-state index contributed by atoms with van der Waals surface area (Å²) in [7, 11) is 2.00. The van der Waals surface area contributed by atoms with Crippen molar-refractivity contribution in [2.45, 2.75) is 25.8 Å². The molecule has 1 aromatic heterocycles. The minimum absolute atomic E-state index is 0.525. The SMILES string of the molecule is CN[C@@H]1CCCN(c2ncc(C)c(Cl)n2)C1. The smallest absolute Gasteiger partial charge is 0.226 e. The summed E-state index contributed by atoms with van der Waals surface area (Å²) in [6, 6.07) is 0.525. The van der Waals surface area contributed by atoms with E-state index in [9.17, 15) is 0 Å². The highest BCUT2D eigenvalue weighted by atomic mass is 35.5. The number of aryl methyl sites for hydroxylation is 1. The molecule has 1 fully saturated rings. The molecule has 0 spiro atoms. The van der Waals surface area contributed by atoms with Crippen LogP contribution in [0.2, 0.25) is 5.15 Å². The molecule has 1 N–H and O–H groups in total. The van der Waals surface area contributed by atoms with Gasteiger partial charge in [0.2, 0.25) is 5.95 Å². The molecular formula is C11H17ClN4. The zero-order chi connectivity index (χ0) is 11.5. The number of piperidine rings is 1. The largest absolute Gasteiger partial charge is 0.339 e. The summed E-state index contributed by atoms with van der Waals surface area (Å²) in [6.45, 7) is 3.88. The molecule has 0 saturated carbocycles. The highest BCUT2D eigenvalue weighted by Gasteiger charge is 2.20. The quantitative estimate of drug-likeness (QED) is 0.798. The lowest BCUT2D eigenvalue weighted by Crippen LogP contribution is -2.45. The van der Waals surface area contributed by atoms with Gasteiger partial charge in [-0.25, -0.2) is 9.97 Å². The van der Waals surface area contributed by atoms with Gasteiger partial charge in [-0.05, 0) is 26.8 Å². The van der Waals surface area contributed by atoms with Crippen LogP contribution < -0.4 is 10.2 Å². The van der Waals surface area contributed by atoms with Gasteiger partial charge in [-0.2, -0.15) is 0 Å². The van der Waals surface area contributed by atoms with E-state index in [1.807, 2.05) is 14.0 Å². The molecular weight excluding hydrogens is 224 g/mol. The molecule has 1 saturated heterocycles. The Bertz CT molecular complexity index is 369. The van der Waals surface area contributed by atoms with Crippen LogP contribution in [0.4, 0.5) is 5.95 Å². The molecule has 0 bridgehead atoms. The highest BCUT2D eigenvalue weighted by molar-refractivity contribution is 6.30. The van der Waals surface area contributed by atoms with Crippen LogP contribution in [-0.4, -0.2) is 36.1 Å². The van der Waals surface area contributed by atoms with E-state index in [-0.39, 0.29) is 0 Å². The van der Waals surface area contributed by atoms with E-state index in [2.05, 4.69) is 20.2 Å². The Balaban J connectivity index is 2.13. The van der Waals surface area contributed by atoms with Gasteiger partial charge in [0.25, 0.3) is 0 Å². The molecule has 1 aromatic rings. The summed E-state index contributed by atoms with van der Waals surface area (Å²) >= 11 is 6.01. The normalized spacial score (nSPS) is 21.2. The molecule has 2 rings (SSSR count). The second kappa shape index (κ2) is 4.97. The van der Waals surface area contributed by atoms with Gasteiger partial charge in [-0.15, -0.1) is 0 Å². The van der Waals surface area contributed by atoms with Crippen LogP contribution >= 0.6 is 11.6 Å². The topological polar surface area (TPSA) is 41.0 Å². The summed E-state index contributed by atoms with van der Waals surface area (Å²) in [4.78, 5) is 10.8. The van der Waals surface area contributed by atoms with Crippen molar-refractivity contribution in [2.75, 3.05) is 25.0 Å². The van der Waals surface area contributed by atoms with Crippen molar-refractivity contribution >= 4 is 17.5 Å². The number of aromatic nitrogens is 2. The first-order valence-corrected chi connectivity index (χ1v) is 6.00. The van der Waals surface area contributed by atoms with Gasteiger partial charge >= 0.3 is 0 Å². The molecule has 0 amide bonds. The van der Waals surface area contributed by atoms with Crippen LogP contribution in [-0.2, 0) is 0 Å². The van der Waals surface area contributed by atoms with E-state index >= 15 is 0 Å². The first-order chi connectivity index (χ1) is 7.70. The van der Waals surface area contributed by atoms with Crippen LogP contribution in [0.5, 0.6) is 0 Å². The van der Waals surface area contributed by atoms with Crippen LogP contribution in [0.1, 0.15) is 18.4 Å². The lowest BCUT2D eigenvalue weighted by molar-refractivity contribution is 0.445. The first kappa shape index (κ1) is 11.6. The van der Waals surface area contributed by atoms with E-state index in [4.69, 9.17) is 11.6 Å². The number of nitrogens with one attached hydrogen (secondary N) is 1. The summed E-state index contributed by atoms with van der Waals surface area (Å²) in [5, 5.41) is 3.85. The third kappa shape index (κ3) is 2.44. The summed E-state index contributed by atoms with van der Waals surface area (Å²) < 4.78 is 0. The predicted octanol–water partition coefficient (Wildman–Crippen LogP) is 1.63. The predicted molar refractivity (Wildman–Crippen MR) is 66.1 cm³/mol. The number of rotatable bonds is 2. The third-order valence-electron chi connectivity index (χ3n) is 3.01. The lowest BCUT2D eigenvalue weighted by atomic mass is 10.1. The summed E-state index contributed by atoms with van der Waals surface area (Å²) in [6.07, 6.45) is 4.17. The average molecular weight is 241 g/mol. The molecule has 5 heteroatoms. The van der Waals surface area contributed by atoms with Gasteiger partial charge in [0.15, 0.2) is 0 Å². The van der Waals surface area contributed by atoms with Gasteiger partial charge < -0.3 is 10.2 Å². The minimum atomic E-state index is 0.525. The number of anilines is 1. The second-order valence-electron chi connectivity index (χ2n) is 4.22. The second-order valence-corrected chi connectivity index (χ2v) is 4.58. The molecule has 0 unspecified atom stereocenters. The van der Waals surface area contributed by atoms with Gasteiger partial charge in [0, 0.05) is 30.9 Å². The van der Waals surface area contributed by atoms with E-state index in [1.54, 1.807) is 6.20 Å². The zero-order valence-corrected chi connectivity index (χ0v) is 10.5. The monoisotopic (exact) mass is 240 g/mol. The molecule has 1 aliphatic heterocycles. The average Bonchev–Trinajstić information content (AvgIpc) is 2.33. The van der Waals surface area contributed by atoms with E-state index in [0.717, 1.165) is 24.6 Å². The van der Waals surface area contributed by atoms with Crippen molar-refractivity contribution in [3.05, 3.63) is 16.9 Å². The van der Waals surface area contributed by atoms with Gasteiger partial charge in [-0.3, -0.25) is 0 Å². The maximum Gasteiger partial charge on any atom is 0.226 e. The lowest BCUT2D eigenvalue weighted by Gasteiger charge is -2.32. The summed E-state index contributed by atoms with van der Waals surface area (Å²) in [5.74, 6) is 0.746. The summed E-state index contributed by atoms with van der Waals surface area (Å²) in [5.41, 5.74) is 0.924. The third-order valence-corrected chi connectivity index (χ3v) is 3.39. The van der Waals surface area contributed by atoms with E-state index < -0.39 is 0 Å². The Morgan fingerprint density at radius 1 is 1.56 bits per heavy atom. The van der Waals surface area contributed by atoms with Crippen molar-refractivity contribution in [1.82, 2.24) is 15.3 Å². The molecule has 0 aromatic carbocycles. The molecule has 4 nitrogen and oxygen atoms in total. The molecule has 0 radical (unpaired) electrons. The Hall–Kier alpha value is -0.870. The number of hydrogen-bond acceptors (Lipinski definition) is 4. The minimum Gasteiger partial charge on any atom is -0.339 e. The van der Waals surface area contributed by atoms with Crippen LogP contribution in [0.25, 0.3) is 0 Å². The van der Waals surface area contributed by atoms with Crippen LogP contribution in [0.15, 0.2) is 6.20 Å². The molecule has 1 aliphatic rings. The number of nitrogens with zero attached hydrogens (tertiary/aromatic N) is 3. The van der Waals surface area contributed by atoms with Crippen molar-refractivity contribution < 1.29 is 0 Å². The standard InChI is InChI=1S/C11H17ClN4/c1-8-6-14-11(15-10(8)12)16-5-3-4-9(7-16)13-2/h6,9,13H,3-5,7H2,1-2H3/t9-/m1/s1. The van der Waals surface area contributed by atoms with Crippen molar-refractivity contribution in [2.24, 2.45) is 0 Å². The zero-order valence-electron chi connectivity index (χ0n) is 9.70. The van der Waals surface area contributed by atoms with Gasteiger partial charge in [0.05, 0.1) is 0 Å². The molecule has 88 valence electrons. The van der Waals surface area contributed by atoms with E-state index in [0.29, 0.717) is 11.2 Å². The number of hydrogen-bond donors (Lipinski definition) is 1. The van der Waals surface area contributed by atoms with Crippen molar-refractivity contribution in [3.63, 3.8) is 0 Å². The number of halogens is 1. The van der Waals surface area contributed by atoms with Gasteiger partial charge in [-0.1, -0.05) is 11.6 Å². The fourth-order valence-corrected chi connectivity index (χ4v) is 2.08. The van der Waals surface area contributed by atoms with Gasteiger partial charge in [0.1, 0.15) is 5.15 Å². The Morgan fingerprint density at radius 3 is 3.06 bits per heavy atom. The van der Waals surface area contributed by atoms with Crippen molar-refractivity contribution in [1.29, 1.82) is 0 Å². The van der Waals surface area contributed by atoms with E-state index in [1.165, 1.54) is 12.8 Å². The van der Waals surface area contributed by atoms with Crippen LogP contribution in [0.3, 0.4) is 0 Å². The molecule has 2 heterocycles. The van der Waals surface area contributed by atoms with Crippen LogP contribution in [0, 0.1) is 6.92 Å². The molecule has 0 aliphatic carbocycles.